The molecular formula is C12H16N4O. The number of hydrogen-bond acceptors (Lipinski definition) is 4. The van der Waals surface area contributed by atoms with Crippen molar-refractivity contribution in [1.29, 1.82) is 0 Å². The van der Waals surface area contributed by atoms with Crippen LogP contribution in [-0.4, -0.2) is 31.9 Å². The van der Waals surface area contributed by atoms with E-state index in [-0.39, 0.29) is 0 Å². The van der Waals surface area contributed by atoms with Gasteiger partial charge in [-0.05, 0) is 18.9 Å². The Labute approximate surface area is 99.5 Å². The predicted molar refractivity (Wildman–Crippen MR) is 64.9 cm³/mol. The van der Waals surface area contributed by atoms with Crippen molar-refractivity contribution in [3.8, 4) is 0 Å². The van der Waals surface area contributed by atoms with Crippen LogP contribution < -0.4 is 5.32 Å². The fourth-order valence-electron chi connectivity index (χ4n) is 2.38. The summed E-state index contributed by atoms with van der Waals surface area (Å²) in [6.07, 6.45) is 7.59. The number of aromatic nitrogens is 3. The van der Waals surface area contributed by atoms with E-state index in [1.165, 1.54) is 0 Å². The van der Waals surface area contributed by atoms with Crippen LogP contribution in [0.2, 0.25) is 0 Å². The van der Waals surface area contributed by atoms with Gasteiger partial charge in [0.1, 0.15) is 5.82 Å². The number of fused-ring (bicyclic) bond motifs is 1. The third-order valence-corrected chi connectivity index (χ3v) is 3.39. The molecule has 90 valence electrons. The number of aliphatic hydroxyl groups is 1. The molecule has 1 aliphatic carbocycles. The lowest BCUT2D eigenvalue weighted by Gasteiger charge is -2.22. The molecule has 5 heteroatoms. The SMILES string of the molecule is OC1(CNc2ccn3nccc3n2)CCCC1. The Balaban J connectivity index is 1.71. The minimum atomic E-state index is -0.548. The van der Waals surface area contributed by atoms with Crippen molar-refractivity contribution in [3.63, 3.8) is 0 Å². The normalized spacial score (nSPS) is 18.6. The number of nitrogens with zero attached hydrogens (tertiary/aromatic N) is 3. The summed E-state index contributed by atoms with van der Waals surface area (Å²) in [4.78, 5) is 4.41. The van der Waals surface area contributed by atoms with Crippen LogP contribution in [0.3, 0.4) is 0 Å². The average molecular weight is 232 g/mol. The molecule has 0 radical (unpaired) electrons. The van der Waals surface area contributed by atoms with Crippen LogP contribution in [0.5, 0.6) is 0 Å². The first-order valence-corrected chi connectivity index (χ1v) is 6.02. The zero-order chi connectivity index (χ0) is 11.7. The molecule has 0 bridgehead atoms. The molecule has 1 saturated carbocycles. The summed E-state index contributed by atoms with van der Waals surface area (Å²) in [5, 5.41) is 17.5. The van der Waals surface area contributed by atoms with Gasteiger partial charge in [0, 0.05) is 18.8 Å². The highest BCUT2D eigenvalue weighted by molar-refractivity contribution is 5.45. The first-order valence-electron chi connectivity index (χ1n) is 6.02. The lowest BCUT2D eigenvalue weighted by Crippen LogP contribution is -2.33. The van der Waals surface area contributed by atoms with Crippen molar-refractivity contribution >= 4 is 11.5 Å². The molecule has 2 aromatic rings. The summed E-state index contributed by atoms with van der Waals surface area (Å²) in [6, 6.07) is 3.73. The van der Waals surface area contributed by atoms with Crippen LogP contribution >= 0.6 is 0 Å². The van der Waals surface area contributed by atoms with E-state index >= 15 is 0 Å². The fourth-order valence-corrected chi connectivity index (χ4v) is 2.38. The van der Waals surface area contributed by atoms with Crippen molar-refractivity contribution in [3.05, 3.63) is 24.5 Å². The molecular weight excluding hydrogens is 216 g/mol. The lowest BCUT2D eigenvalue weighted by atomic mass is 10.0. The lowest BCUT2D eigenvalue weighted by molar-refractivity contribution is 0.0614. The van der Waals surface area contributed by atoms with Crippen LogP contribution in [0.15, 0.2) is 24.5 Å². The topological polar surface area (TPSA) is 62.5 Å². The van der Waals surface area contributed by atoms with Crippen LogP contribution in [0.25, 0.3) is 5.65 Å². The number of hydrogen-bond donors (Lipinski definition) is 2. The van der Waals surface area contributed by atoms with E-state index in [0.717, 1.165) is 37.1 Å². The molecule has 2 heterocycles. The first kappa shape index (κ1) is 10.5. The number of anilines is 1. The smallest absolute Gasteiger partial charge is 0.157 e. The molecule has 2 N–H and O–H groups in total. The van der Waals surface area contributed by atoms with E-state index in [4.69, 9.17) is 0 Å². The quantitative estimate of drug-likeness (QED) is 0.840. The van der Waals surface area contributed by atoms with Gasteiger partial charge in [0.05, 0.1) is 11.8 Å². The van der Waals surface area contributed by atoms with Gasteiger partial charge in [-0.3, -0.25) is 0 Å². The summed E-state index contributed by atoms with van der Waals surface area (Å²) < 4.78 is 1.72. The van der Waals surface area contributed by atoms with Gasteiger partial charge in [0.25, 0.3) is 0 Å². The molecule has 0 spiro atoms. The van der Waals surface area contributed by atoms with Gasteiger partial charge < -0.3 is 10.4 Å². The Bertz CT molecular complexity index is 516. The second-order valence-electron chi connectivity index (χ2n) is 4.73. The molecule has 1 aliphatic rings. The molecule has 2 aromatic heterocycles. The third kappa shape index (κ3) is 2.10. The Morgan fingerprint density at radius 3 is 3.00 bits per heavy atom. The van der Waals surface area contributed by atoms with Crippen LogP contribution in [0.4, 0.5) is 5.82 Å². The maximum absolute atomic E-state index is 10.2. The van der Waals surface area contributed by atoms with Crippen molar-refractivity contribution in [2.75, 3.05) is 11.9 Å². The monoisotopic (exact) mass is 232 g/mol. The summed E-state index contributed by atoms with van der Waals surface area (Å²) in [6.45, 7) is 0.574. The standard InChI is InChI=1S/C12H16N4O/c17-12(5-1-2-6-12)9-13-10-4-8-16-11(15-10)3-7-14-16/h3-4,7-8,17H,1-2,5-6,9H2,(H,13,15). The molecule has 3 rings (SSSR count). The van der Waals surface area contributed by atoms with E-state index < -0.39 is 5.60 Å². The van der Waals surface area contributed by atoms with E-state index in [1.807, 2.05) is 18.3 Å². The maximum atomic E-state index is 10.2. The van der Waals surface area contributed by atoms with Crippen molar-refractivity contribution in [1.82, 2.24) is 14.6 Å². The summed E-state index contributed by atoms with van der Waals surface area (Å²) in [7, 11) is 0. The zero-order valence-electron chi connectivity index (χ0n) is 9.63. The largest absolute Gasteiger partial charge is 0.388 e. The minimum Gasteiger partial charge on any atom is -0.388 e. The highest BCUT2D eigenvalue weighted by Crippen LogP contribution is 2.29. The molecule has 0 unspecified atom stereocenters. The van der Waals surface area contributed by atoms with E-state index in [2.05, 4.69) is 15.4 Å². The minimum absolute atomic E-state index is 0.548. The highest BCUT2D eigenvalue weighted by atomic mass is 16.3. The van der Waals surface area contributed by atoms with Gasteiger partial charge in [-0.1, -0.05) is 12.8 Å². The second-order valence-corrected chi connectivity index (χ2v) is 4.73. The highest BCUT2D eigenvalue weighted by Gasteiger charge is 2.30. The number of rotatable bonds is 3. The van der Waals surface area contributed by atoms with E-state index in [0.29, 0.717) is 6.54 Å². The molecule has 0 saturated heterocycles. The summed E-state index contributed by atoms with van der Waals surface area (Å²) in [5.41, 5.74) is 0.266. The van der Waals surface area contributed by atoms with Gasteiger partial charge in [0.2, 0.25) is 0 Å². The van der Waals surface area contributed by atoms with Gasteiger partial charge in [0.15, 0.2) is 5.65 Å². The molecule has 1 fully saturated rings. The summed E-state index contributed by atoms with van der Waals surface area (Å²) >= 11 is 0. The van der Waals surface area contributed by atoms with Crippen molar-refractivity contribution < 1.29 is 5.11 Å². The van der Waals surface area contributed by atoms with Crippen molar-refractivity contribution in [2.24, 2.45) is 0 Å². The molecule has 0 amide bonds. The Morgan fingerprint density at radius 2 is 2.18 bits per heavy atom. The Kier molecular flexibility index (Phi) is 2.48. The van der Waals surface area contributed by atoms with E-state index in [1.54, 1.807) is 10.7 Å². The van der Waals surface area contributed by atoms with Crippen molar-refractivity contribution in [2.45, 2.75) is 31.3 Å². The summed E-state index contributed by atoms with van der Waals surface area (Å²) in [5.74, 6) is 0.790. The average Bonchev–Trinajstić information content (AvgIpc) is 2.95. The number of nitrogens with one attached hydrogen (secondary N) is 1. The Hall–Kier alpha value is -1.62. The fraction of sp³-hybridized carbons (Fsp3) is 0.500. The van der Waals surface area contributed by atoms with E-state index in [9.17, 15) is 5.11 Å². The molecule has 0 atom stereocenters. The maximum Gasteiger partial charge on any atom is 0.157 e. The van der Waals surface area contributed by atoms with Crippen LogP contribution in [-0.2, 0) is 0 Å². The molecule has 5 nitrogen and oxygen atoms in total. The molecule has 0 aliphatic heterocycles. The van der Waals surface area contributed by atoms with Gasteiger partial charge in [-0.15, -0.1) is 0 Å². The zero-order valence-corrected chi connectivity index (χ0v) is 9.63. The predicted octanol–water partition coefficient (Wildman–Crippen LogP) is 1.45. The van der Waals surface area contributed by atoms with Gasteiger partial charge in [-0.2, -0.15) is 5.10 Å². The molecule has 0 aromatic carbocycles. The molecule has 17 heavy (non-hydrogen) atoms. The van der Waals surface area contributed by atoms with Crippen LogP contribution in [0.1, 0.15) is 25.7 Å². The Morgan fingerprint density at radius 1 is 1.35 bits per heavy atom. The first-order chi connectivity index (χ1) is 8.25. The van der Waals surface area contributed by atoms with Crippen LogP contribution in [0, 0.1) is 0 Å². The third-order valence-electron chi connectivity index (χ3n) is 3.39. The van der Waals surface area contributed by atoms with Gasteiger partial charge in [-0.25, -0.2) is 9.50 Å². The van der Waals surface area contributed by atoms with Gasteiger partial charge >= 0.3 is 0 Å². The second kappa shape index (κ2) is 4.00.